The first kappa shape index (κ1) is 26.1. The maximum atomic E-state index is 12.2. The van der Waals surface area contributed by atoms with E-state index >= 15 is 0 Å². The average Bonchev–Trinajstić information content (AvgIpc) is 3.23. The molecule has 1 aromatic heterocycles. The van der Waals surface area contributed by atoms with Gasteiger partial charge >= 0.3 is 0 Å². The summed E-state index contributed by atoms with van der Waals surface area (Å²) in [5.41, 5.74) is 3.78. The van der Waals surface area contributed by atoms with Crippen LogP contribution in [0.4, 0.5) is 0 Å². The molecule has 0 fully saturated rings. The first-order valence-electron chi connectivity index (χ1n) is 12.4. The summed E-state index contributed by atoms with van der Waals surface area (Å²) in [4.78, 5) is 17.1. The number of halogens is 2. The third kappa shape index (κ3) is 7.02. The van der Waals surface area contributed by atoms with Crippen molar-refractivity contribution in [3.8, 4) is 5.75 Å². The molecule has 5 nitrogen and oxygen atoms in total. The van der Waals surface area contributed by atoms with E-state index in [9.17, 15) is 4.79 Å². The van der Waals surface area contributed by atoms with Gasteiger partial charge in [-0.05, 0) is 80.3 Å². The van der Waals surface area contributed by atoms with Gasteiger partial charge in [-0.15, -0.1) is 0 Å². The molecule has 1 amide bonds. The Morgan fingerprint density at radius 2 is 1.83 bits per heavy atom. The van der Waals surface area contributed by atoms with Crippen LogP contribution >= 0.6 is 23.2 Å². The zero-order chi connectivity index (χ0) is 25.3. The fourth-order valence-electron chi connectivity index (χ4n) is 4.20. The molecule has 3 aromatic carbocycles. The van der Waals surface area contributed by atoms with Gasteiger partial charge in [0.05, 0.1) is 17.6 Å². The van der Waals surface area contributed by atoms with Crippen molar-refractivity contribution in [2.24, 2.45) is 0 Å². The number of para-hydroxylation sites is 2. The van der Waals surface area contributed by atoms with E-state index in [0.29, 0.717) is 23.7 Å². The Kier molecular flexibility index (Phi) is 9.26. The van der Waals surface area contributed by atoms with Gasteiger partial charge in [0.1, 0.15) is 11.6 Å². The summed E-state index contributed by atoms with van der Waals surface area (Å²) in [6.45, 7) is 4.09. The summed E-state index contributed by atoms with van der Waals surface area (Å²) in [6, 6.07) is 21.0. The Morgan fingerprint density at radius 3 is 2.67 bits per heavy atom. The molecule has 36 heavy (non-hydrogen) atoms. The van der Waals surface area contributed by atoms with Crippen LogP contribution < -0.4 is 10.1 Å². The SMILES string of the molecule is Cc1cc(OCCCn2c(CCCCCNC(=O)c3cccc(Cl)c3)nc3ccccc32)ccc1Cl. The smallest absolute Gasteiger partial charge is 0.251 e. The summed E-state index contributed by atoms with van der Waals surface area (Å²) >= 11 is 12.1. The molecule has 0 aliphatic heterocycles. The molecule has 0 saturated heterocycles. The number of fused-ring (bicyclic) bond motifs is 1. The third-order valence-corrected chi connectivity index (χ3v) is 6.77. The summed E-state index contributed by atoms with van der Waals surface area (Å²) < 4.78 is 8.25. The Bertz CT molecular complexity index is 1320. The molecule has 0 radical (unpaired) electrons. The quantitative estimate of drug-likeness (QED) is 0.199. The van der Waals surface area contributed by atoms with Crippen LogP contribution in [-0.4, -0.2) is 28.6 Å². The van der Waals surface area contributed by atoms with E-state index in [2.05, 4.69) is 28.1 Å². The highest BCUT2D eigenvalue weighted by Gasteiger charge is 2.11. The average molecular weight is 524 g/mol. The van der Waals surface area contributed by atoms with Crippen molar-refractivity contribution in [2.45, 2.75) is 45.6 Å². The molecule has 188 valence electrons. The van der Waals surface area contributed by atoms with Crippen molar-refractivity contribution in [1.29, 1.82) is 0 Å². The molecule has 0 bridgehead atoms. The second-order valence-corrected chi connectivity index (χ2v) is 9.70. The number of imidazole rings is 1. The van der Waals surface area contributed by atoms with Gasteiger partial charge in [-0.2, -0.15) is 0 Å². The van der Waals surface area contributed by atoms with Crippen molar-refractivity contribution in [3.63, 3.8) is 0 Å². The number of ether oxygens (including phenoxy) is 1. The summed E-state index contributed by atoms with van der Waals surface area (Å²) in [7, 11) is 0. The van der Waals surface area contributed by atoms with Crippen LogP contribution in [-0.2, 0) is 13.0 Å². The van der Waals surface area contributed by atoms with Crippen LogP contribution in [0.5, 0.6) is 5.75 Å². The van der Waals surface area contributed by atoms with Crippen LogP contribution in [0.15, 0.2) is 66.7 Å². The van der Waals surface area contributed by atoms with E-state index in [1.54, 1.807) is 24.3 Å². The maximum absolute atomic E-state index is 12.2. The molecule has 0 saturated carbocycles. The molecular formula is C29H31Cl2N3O2. The lowest BCUT2D eigenvalue weighted by Gasteiger charge is -2.11. The van der Waals surface area contributed by atoms with Crippen LogP contribution in [0.25, 0.3) is 11.0 Å². The number of benzene rings is 3. The predicted octanol–water partition coefficient (Wildman–Crippen LogP) is 7.26. The Hall–Kier alpha value is -3.02. The summed E-state index contributed by atoms with van der Waals surface area (Å²) in [5.74, 6) is 1.85. The highest BCUT2D eigenvalue weighted by Crippen LogP contribution is 2.22. The molecule has 1 N–H and O–H groups in total. The Balaban J connectivity index is 1.25. The second kappa shape index (κ2) is 12.8. The van der Waals surface area contributed by atoms with E-state index in [0.717, 1.165) is 71.8 Å². The van der Waals surface area contributed by atoms with Gasteiger partial charge < -0.3 is 14.6 Å². The molecule has 1 heterocycles. The highest BCUT2D eigenvalue weighted by molar-refractivity contribution is 6.31. The standard InChI is InChI=1S/C29H31Cl2N3O2/c1-21-19-24(14-15-25(21)31)36-18-8-17-34-27-12-5-4-11-26(27)33-28(34)13-3-2-6-16-32-29(35)22-9-7-10-23(30)20-22/h4-5,7,9-12,14-15,19-20H,2-3,6,8,13,16-18H2,1H3,(H,32,35). The van der Waals surface area contributed by atoms with Gasteiger partial charge in [0, 0.05) is 35.1 Å². The minimum Gasteiger partial charge on any atom is -0.494 e. The van der Waals surface area contributed by atoms with Crippen molar-refractivity contribution in [2.75, 3.05) is 13.2 Å². The molecule has 0 aliphatic carbocycles. The number of hydrogen-bond donors (Lipinski definition) is 1. The van der Waals surface area contributed by atoms with Crippen LogP contribution in [0, 0.1) is 6.92 Å². The van der Waals surface area contributed by atoms with Gasteiger partial charge in [0.25, 0.3) is 5.91 Å². The molecule has 0 aliphatic rings. The lowest BCUT2D eigenvalue weighted by molar-refractivity contribution is 0.0953. The Morgan fingerprint density at radius 1 is 0.972 bits per heavy atom. The fraction of sp³-hybridized carbons (Fsp3) is 0.310. The van der Waals surface area contributed by atoms with Gasteiger partial charge in [0.2, 0.25) is 0 Å². The number of amides is 1. The summed E-state index contributed by atoms with van der Waals surface area (Å²) in [6.07, 6.45) is 4.72. The lowest BCUT2D eigenvalue weighted by Crippen LogP contribution is -2.24. The number of carbonyl (C=O) groups excluding carboxylic acids is 1. The minimum atomic E-state index is -0.0877. The van der Waals surface area contributed by atoms with Crippen LogP contribution in [0.2, 0.25) is 10.0 Å². The maximum Gasteiger partial charge on any atom is 0.251 e. The lowest BCUT2D eigenvalue weighted by atomic mass is 10.1. The number of aryl methyl sites for hydroxylation is 3. The number of unbranched alkanes of at least 4 members (excludes halogenated alkanes) is 2. The van der Waals surface area contributed by atoms with Crippen molar-refractivity contribution in [1.82, 2.24) is 14.9 Å². The summed E-state index contributed by atoms with van der Waals surface area (Å²) in [5, 5.41) is 4.29. The zero-order valence-electron chi connectivity index (χ0n) is 20.5. The van der Waals surface area contributed by atoms with Crippen molar-refractivity contribution in [3.05, 3.63) is 93.7 Å². The number of nitrogens with one attached hydrogen (secondary N) is 1. The molecule has 7 heteroatoms. The number of hydrogen-bond acceptors (Lipinski definition) is 3. The highest BCUT2D eigenvalue weighted by atomic mass is 35.5. The van der Waals surface area contributed by atoms with Gasteiger partial charge in [0.15, 0.2) is 0 Å². The Labute approximate surface area is 222 Å². The molecule has 0 spiro atoms. The second-order valence-electron chi connectivity index (χ2n) is 8.86. The van der Waals surface area contributed by atoms with E-state index in [1.807, 2.05) is 31.2 Å². The molecule has 0 unspecified atom stereocenters. The fourth-order valence-corrected chi connectivity index (χ4v) is 4.51. The van der Waals surface area contributed by atoms with Crippen molar-refractivity contribution < 1.29 is 9.53 Å². The van der Waals surface area contributed by atoms with E-state index < -0.39 is 0 Å². The molecule has 4 rings (SSSR count). The monoisotopic (exact) mass is 523 g/mol. The largest absolute Gasteiger partial charge is 0.494 e. The normalized spacial score (nSPS) is 11.1. The molecule has 0 atom stereocenters. The van der Waals surface area contributed by atoms with E-state index in [-0.39, 0.29) is 5.91 Å². The van der Waals surface area contributed by atoms with Gasteiger partial charge in [-0.25, -0.2) is 4.98 Å². The first-order chi connectivity index (χ1) is 17.5. The number of rotatable bonds is 12. The van der Waals surface area contributed by atoms with E-state index in [1.165, 1.54) is 0 Å². The van der Waals surface area contributed by atoms with Crippen LogP contribution in [0.3, 0.4) is 0 Å². The predicted molar refractivity (Wildman–Crippen MR) is 147 cm³/mol. The third-order valence-electron chi connectivity index (χ3n) is 6.11. The van der Waals surface area contributed by atoms with E-state index in [4.69, 9.17) is 32.9 Å². The van der Waals surface area contributed by atoms with Gasteiger partial charge in [-0.3, -0.25) is 4.79 Å². The minimum absolute atomic E-state index is 0.0877. The van der Waals surface area contributed by atoms with Crippen molar-refractivity contribution >= 4 is 40.1 Å². The number of nitrogens with zero attached hydrogens (tertiary/aromatic N) is 2. The van der Waals surface area contributed by atoms with Crippen LogP contribution in [0.1, 0.15) is 47.4 Å². The zero-order valence-corrected chi connectivity index (χ0v) is 22.0. The number of aromatic nitrogens is 2. The first-order valence-corrected chi connectivity index (χ1v) is 13.1. The molecular weight excluding hydrogens is 493 g/mol. The van der Waals surface area contributed by atoms with Gasteiger partial charge in [-0.1, -0.05) is 47.8 Å². The molecule has 4 aromatic rings. The topological polar surface area (TPSA) is 56.1 Å². The number of carbonyl (C=O) groups is 1.